The molecule has 0 unspecified atom stereocenters. The maximum absolute atomic E-state index is 15.2. The van der Waals surface area contributed by atoms with E-state index in [9.17, 15) is 14.7 Å². The first kappa shape index (κ1) is 24.3. The topological polar surface area (TPSA) is 66.8 Å². The van der Waals surface area contributed by atoms with Crippen LogP contribution >= 0.6 is 11.6 Å². The summed E-state index contributed by atoms with van der Waals surface area (Å²) in [6.07, 6.45) is 1.34. The molecule has 0 spiro atoms. The van der Waals surface area contributed by atoms with Crippen LogP contribution in [0.15, 0.2) is 30.3 Å². The highest BCUT2D eigenvalue weighted by atomic mass is 35.5. The number of ether oxygens (including phenoxy) is 1. The molecule has 0 saturated heterocycles. The molecule has 3 aromatic carbocycles. The van der Waals surface area contributed by atoms with E-state index in [1.165, 1.54) is 6.07 Å². The van der Waals surface area contributed by atoms with Crippen molar-refractivity contribution in [1.82, 2.24) is 4.90 Å². The Morgan fingerprint density at radius 3 is 2.36 bits per heavy atom. The van der Waals surface area contributed by atoms with Crippen LogP contribution in [0.2, 0.25) is 5.02 Å². The molecule has 0 aromatic heterocycles. The van der Waals surface area contributed by atoms with E-state index >= 15 is 4.39 Å². The smallest absolute Gasteiger partial charge is 0.307 e. The first-order chi connectivity index (χ1) is 17.2. The number of carbonyl (C=O) groups excluding carboxylic acids is 1. The number of hydrogen-bond donors (Lipinski definition) is 1. The Morgan fingerprint density at radius 2 is 1.69 bits per heavy atom. The fourth-order valence-corrected chi connectivity index (χ4v) is 5.76. The van der Waals surface area contributed by atoms with Gasteiger partial charge in [0.15, 0.2) is 11.6 Å². The quantitative estimate of drug-likeness (QED) is 0.458. The summed E-state index contributed by atoms with van der Waals surface area (Å²) < 4.78 is 20.8. The van der Waals surface area contributed by atoms with Gasteiger partial charge in [0.25, 0.3) is 5.91 Å². The first-order valence-electron chi connectivity index (χ1n) is 12.0. The van der Waals surface area contributed by atoms with Gasteiger partial charge in [0.2, 0.25) is 0 Å². The molecule has 0 bridgehead atoms. The summed E-state index contributed by atoms with van der Waals surface area (Å²) in [4.78, 5) is 26.9. The van der Waals surface area contributed by atoms with Crippen molar-refractivity contribution in [3.63, 3.8) is 0 Å². The van der Waals surface area contributed by atoms with Crippen molar-refractivity contribution in [1.29, 1.82) is 0 Å². The van der Waals surface area contributed by atoms with Crippen molar-refractivity contribution in [2.75, 3.05) is 6.61 Å². The monoisotopic (exact) mass is 507 g/mol. The van der Waals surface area contributed by atoms with Crippen LogP contribution in [0.3, 0.4) is 0 Å². The maximum atomic E-state index is 15.2. The van der Waals surface area contributed by atoms with Crippen LogP contribution in [0, 0.1) is 26.6 Å². The Hall–Kier alpha value is -3.38. The van der Waals surface area contributed by atoms with Gasteiger partial charge in [0.1, 0.15) is 0 Å². The molecular formula is C29H27ClFNO4. The number of carboxylic acids is 1. The molecule has 2 aliphatic rings. The molecule has 1 N–H and O–H groups in total. The maximum Gasteiger partial charge on any atom is 0.307 e. The van der Waals surface area contributed by atoms with Gasteiger partial charge in [-0.1, -0.05) is 11.6 Å². The normalized spacial score (nSPS) is 14.3. The SMILES string of the molecule is Cc1c(-c2c(C)c3c(c(C)c2CC(=O)O)CN(C(=O)c2ccc(Cl)cc2)C3)cc(F)c2c1CCCO2. The molecule has 5 rings (SSSR count). The van der Waals surface area contributed by atoms with Crippen molar-refractivity contribution in [2.24, 2.45) is 0 Å². The number of hydrogen-bond acceptors (Lipinski definition) is 3. The van der Waals surface area contributed by atoms with Crippen LogP contribution < -0.4 is 4.74 Å². The zero-order valence-corrected chi connectivity index (χ0v) is 21.3. The molecule has 2 heterocycles. The minimum absolute atomic E-state index is 0.115. The molecule has 0 saturated carbocycles. The summed E-state index contributed by atoms with van der Waals surface area (Å²) in [6.45, 7) is 7.08. The molecule has 7 heteroatoms. The van der Waals surface area contributed by atoms with E-state index in [2.05, 4.69) is 0 Å². The second-order valence-corrected chi connectivity index (χ2v) is 10.0. The summed E-state index contributed by atoms with van der Waals surface area (Å²) in [7, 11) is 0. The highest BCUT2D eigenvalue weighted by Crippen LogP contribution is 2.44. The van der Waals surface area contributed by atoms with Gasteiger partial charge in [-0.25, -0.2) is 4.39 Å². The molecule has 5 nitrogen and oxygen atoms in total. The number of nitrogens with zero attached hydrogens (tertiary/aromatic N) is 1. The van der Waals surface area contributed by atoms with Crippen LogP contribution in [0.4, 0.5) is 4.39 Å². The van der Waals surface area contributed by atoms with E-state index in [4.69, 9.17) is 16.3 Å². The van der Waals surface area contributed by atoms with Gasteiger partial charge >= 0.3 is 5.97 Å². The van der Waals surface area contributed by atoms with Gasteiger partial charge < -0.3 is 14.7 Å². The fraction of sp³-hybridized carbons (Fsp3) is 0.310. The van der Waals surface area contributed by atoms with E-state index in [1.807, 2.05) is 20.8 Å². The third kappa shape index (κ3) is 4.03. The minimum atomic E-state index is -0.954. The summed E-state index contributed by atoms with van der Waals surface area (Å²) >= 11 is 5.99. The molecule has 0 atom stereocenters. The highest BCUT2D eigenvalue weighted by molar-refractivity contribution is 6.30. The lowest BCUT2D eigenvalue weighted by molar-refractivity contribution is -0.136. The number of halogens is 2. The summed E-state index contributed by atoms with van der Waals surface area (Å²) in [5, 5.41) is 10.3. The van der Waals surface area contributed by atoms with E-state index in [-0.39, 0.29) is 12.3 Å². The van der Waals surface area contributed by atoms with Crippen molar-refractivity contribution in [3.8, 4) is 16.9 Å². The Balaban J connectivity index is 1.65. The van der Waals surface area contributed by atoms with Crippen molar-refractivity contribution in [3.05, 3.63) is 85.7 Å². The number of carbonyl (C=O) groups is 2. The zero-order chi connectivity index (χ0) is 25.7. The van der Waals surface area contributed by atoms with Crippen molar-refractivity contribution in [2.45, 2.75) is 53.1 Å². The van der Waals surface area contributed by atoms with Crippen LogP contribution in [-0.2, 0) is 30.7 Å². The van der Waals surface area contributed by atoms with E-state index in [0.29, 0.717) is 53.6 Å². The number of carboxylic acid groups (broad SMARTS) is 1. The van der Waals surface area contributed by atoms with Gasteiger partial charge in [-0.2, -0.15) is 0 Å². The highest BCUT2D eigenvalue weighted by Gasteiger charge is 2.32. The Morgan fingerprint density at radius 1 is 1.03 bits per heavy atom. The van der Waals surface area contributed by atoms with E-state index in [1.54, 1.807) is 29.2 Å². The molecule has 186 valence electrons. The predicted molar refractivity (Wildman–Crippen MR) is 136 cm³/mol. The Kier molecular flexibility index (Phi) is 6.25. The Labute approximate surface area is 214 Å². The molecule has 0 radical (unpaired) electrons. The first-order valence-corrected chi connectivity index (χ1v) is 12.4. The molecule has 3 aromatic rings. The lowest BCUT2D eigenvalue weighted by Crippen LogP contribution is -2.25. The van der Waals surface area contributed by atoms with E-state index in [0.717, 1.165) is 45.4 Å². The van der Waals surface area contributed by atoms with Gasteiger partial charge in [0, 0.05) is 29.2 Å². The van der Waals surface area contributed by atoms with Crippen molar-refractivity contribution < 1.29 is 23.8 Å². The van der Waals surface area contributed by atoms with Crippen LogP contribution in [0.5, 0.6) is 5.75 Å². The molecule has 0 aliphatic carbocycles. The lowest BCUT2D eigenvalue weighted by atomic mass is 9.81. The number of benzene rings is 3. The van der Waals surface area contributed by atoms with Crippen molar-refractivity contribution >= 4 is 23.5 Å². The third-order valence-corrected chi connectivity index (χ3v) is 7.76. The second kappa shape index (κ2) is 9.25. The average molecular weight is 508 g/mol. The molecular weight excluding hydrogens is 481 g/mol. The lowest BCUT2D eigenvalue weighted by Gasteiger charge is -2.25. The number of amides is 1. The van der Waals surface area contributed by atoms with Gasteiger partial charge in [-0.15, -0.1) is 0 Å². The predicted octanol–water partition coefficient (Wildman–Crippen LogP) is 6.18. The number of aliphatic carboxylic acids is 1. The number of fused-ring (bicyclic) bond motifs is 2. The third-order valence-electron chi connectivity index (χ3n) is 7.51. The summed E-state index contributed by atoms with van der Waals surface area (Å²) in [5.74, 6) is -1.19. The minimum Gasteiger partial charge on any atom is -0.490 e. The molecule has 1 amide bonds. The van der Waals surface area contributed by atoms with E-state index < -0.39 is 11.8 Å². The fourth-order valence-electron chi connectivity index (χ4n) is 5.64. The van der Waals surface area contributed by atoms with Crippen LogP contribution in [0.25, 0.3) is 11.1 Å². The molecule has 36 heavy (non-hydrogen) atoms. The second-order valence-electron chi connectivity index (χ2n) is 9.59. The van der Waals surface area contributed by atoms with Gasteiger partial charge in [0.05, 0.1) is 13.0 Å². The summed E-state index contributed by atoms with van der Waals surface area (Å²) in [5.41, 5.74) is 8.09. The summed E-state index contributed by atoms with van der Waals surface area (Å²) in [6, 6.07) is 8.26. The van der Waals surface area contributed by atoms with Gasteiger partial charge in [-0.05, 0) is 108 Å². The van der Waals surface area contributed by atoms with Crippen LogP contribution in [-0.4, -0.2) is 28.5 Å². The largest absolute Gasteiger partial charge is 0.490 e. The Bertz CT molecular complexity index is 1410. The zero-order valence-electron chi connectivity index (χ0n) is 20.5. The molecule has 0 fully saturated rings. The van der Waals surface area contributed by atoms with Crippen LogP contribution in [0.1, 0.15) is 55.7 Å². The number of rotatable bonds is 4. The average Bonchev–Trinajstić information content (AvgIpc) is 3.31. The molecule has 2 aliphatic heterocycles. The van der Waals surface area contributed by atoms with Gasteiger partial charge in [-0.3, -0.25) is 9.59 Å². The standard InChI is InChI=1S/C29H27ClFNO4/c1-15-20-5-4-10-36-28(20)25(31)11-21(15)27-17(3)24-14-32(29(35)18-6-8-19(30)9-7-18)13-23(24)16(2)22(27)12-26(33)34/h6-9,11H,4-5,10,12-14H2,1-3H3,(H,33,34).